The number of carbonyl (C=O) groups is 2. The van der Waals surface area contributed by atoms with E-state index in [2.05, 4.69) is 0 Å². The largest absolute Gasteiger partial charge is 0.444 e. The van der Waals surface area contributed by atoms with Crippen molar-refractivity contribution in [2.24, 2.45) is 0 Å². The molecule has 14 heteroatoms. The number of alkyl halides is 3. The lowest BCUT2D eigenvalue weighted by atomic mass is 9.99. The summed E-state index contributed by atoms with van der Waals surface area (Å²) in [5.41, 5.74) is -3.36. The van der Waals surface area contributed by atoms with Gasteiger partial charge in [-0.05, 0) is 73.3 Å². The van der Waals surface area contributed by atoms with Crippen LogP contribution in [0.15, 0.2) is 17.0 Å². The summed E-state index contributed by atoms with van der Waals surface area (Å²) in [6.07, 6.45) is -3.05. The van der Waals surface area contributed by atoms with Crippen LogP contribution in [0.4, 0.5) is 23.7 Å². The van der Waals surface area contributed by atoms with Crippen LogP contribution in [0.1, 0.15) is 96.0 Å². The Kier molecular flexibility index (Phi) is 9.63. The summed E-state index contributed by atoms with van der Waals surface area (Å²) < 4.78 is 59.8. The number of nitro groups is 1. The van der Waals surface area contributed by atoms with E-state index in [9.17, 15) is 32.9 Å². The first-order valence-corrected chi connectivity index (χ1v) is 15.4. The average Bonchev–Trinajstić information content (AvgIpc) is 3.34. The van der Waals surface area contributed by atoms with Crippen LogP contribution in [-0.4, -0.2) is 74.8 Å². The summed E-state index contributed by atoms with van der Waals surface area (Å²) in [5, 5.41) is 12.2. The molecule has 3 aliphatic rings. The minimum absolute atomic E-state index is 0.0680. The molecule has 0 radical (unpaired) electrons. The van der Waals surface area contributed by atoms with Crippen LogP contribution in [0.3, 0.4) is 0 Å². The maximum atomic E-state index is 14.6. The molecule has 2 heterocycles. The number of hydrogen-bond acceptors (Lipinski definition) is 8. The van der Waals surface area contributed by atoms with Gasteiger partial charge in [0, 0.05) is 25.2 Å². The van der Waals surface area contributed by atoms with E-state index >= 15 is 0 Å². The fourth-order valence-electron chi connectivity index (χ4n) is 6.02. The van der Waals surface area contributed by atoms with Crippen LogP contribution in [0.5, 0.6) is 0 Å². The van der Waals surface area contributed by atoms with Crippen molar-refractivity contribution in [2.75, 3.05) is 13.1 Å². The third-order valence-electron chi connectivity index (χ3n) is 7.89. The topological polar surface area (TPSA) is 111 Å². The van der Waals surface area contributed by atoms with Crippen LogP contribution in [0.25, 0.3) is 0 Å². The summed E-state index contributed by atoms with van der Waals surface area (Å²) >= 11 is 0.966. The zero-order valence-corrected chi connectivity index (χ0v) is 26.2. The Morgan fingerprint density at radius 2 is 1.79 bits per heavy atom. The van der Waals surface area contributed by atoms with Gasteiger partial charge >= 0.3 is 12.3 Å². The third kappa shape index (κ3) is 7.39. The first-order valence-electron chi connectivity index (χ1n) is 14.6. The molecular weight excluding hydrogens is 591 g/mol. The predicted octanol–water partition coefficient (Wildman–Crippen LogP) is 6.99. The van der Waals surface area contributed by atoms with Crippen LogP contribution >= 0.6 is 11.8 Å². The molecule has 1 atom stereocenters. The molecular formula is C29H40F3N3O7S. The third-order valence-corrected chi connectivity index (χ3v) is 9.44. The molecule has 3 fully saturated rings. The second-order valence-corrected chi connectivity index (χ2v) is 14.2. The SMILES string of the molecule is CC1OC(C2(Sc3cc(C(F)(F)F)c(C(=O)N(C(C)C)[C@@H]4CCCN(C(=O)OC(C)(C)C)C4)cc3[N+](=O)[O-])CCCC2)O1. The summed E-state index contributed by atoms with van der Waals surface area (Å²) in [6.45, 7) is 10.7. The minimum atomic E-state index is -4.96. The molecule has 0 unspecified atom stereocenters. The molecule has 1 saturated carbocycles. The number of nitrogens with zero attached hydrogens (tertiary/aromatic N) is 3. The number of benzene rings is 1. The average molecular weight is 632 g/mol. The number of rotatable bonds is 7. The van der Waals surface area contributed by atoms with Crippen molar-refractivity contribution in [1.29, 1.82) is 0 Å². The molecule has 43 heavy (non-hydrogen) atoms. The van der Waals surface area contributed by atoms with Gasteiger partial charge in [0.05, 0.1) is 31.7 Å². The summed E-state index contributed by atoms with van der Waals surface area (Å²) in [6, 6.07) is 0.317. The minimum Gasteiger partial charge on any atom is -0.444 e. The van der Waals surface area contributed by atoms with E-state index in [1.165, 1.54) is 9.80 Å². The Bertz CT molecular complexity index is 1220. The molecule has 0 bridgehead atoms. The van der Waals surface area contributed by atoms with Crippen molar-refractivity contribution in [3.05, 3.63) is 33.4 Å². The number of piperidine rings is 1. The van der Waals surface area contributed by atoms with Gasteiger partial charge in [0.2, 0.25) is 0 Å². The molecule has 0 spiro atoms. The van der Waals surface area contributed by atoms with E-state index in [0.29, 0.717) is 32.2 Å². The molecule has 1 aromatic rings. The van der Waals surface area contributed by atoms with Gasteiger partial charge < -0.3 is 24.0 Å². The van der Waals surface area contributed by atoms with Gasteiger partial charge in [0.15, 0.2) is 12.6 Å². The number of amides is 2. The second kappa shape index (κ2) is 12.4. The number of ether oxygens (including phenoxy) is 3. The number of carbonyl (C=O) groups excluding carboxylic acids is 2. The van der Waals surface area contributed by atoms with Gasteiger partial charge in [-0.25, -0.2) is 4.79 Å². The quantitative estimate of drug-likeness (QED) is 0.234. The highest BCUT2D eigenvalue weighted by Gasteiger charge is 2.51. The van der Waals surface area contributed by atoms with Gasteiger partial charge in [-0.3, -0.25) is 14.9 Å². The van der Waals surface area contributed by atoms with E-state index in [-0.39, 0.29) is 11.4 Å². The Labute approximate surface area is 253 Å². The lowest BCUT2D eigenvalue weighted by Gasteiger charge is -2.45. The monoisotopic (exact) mass is 631 g/mol. The van der Waals surface area contributed by atoms with Crippen LogP contribution in [-0.2, 0) is 20.4 Å². The van der Waals surface area contributed by atoms with E-state index in [1.807, 2.05) is 0 Å². The van der Waals surface area contributed by atoms with Gasteiger partial charge in [-0.15, -0.1) is 11.8 Å². The molecule has 1 aliphatic carbocycles. The van der Waals surface area contributed by atoms with Crippen molar-refractivity contribution in [3.8, 4) is 0 Å². The van der Waals surface area contributed by atoms with Crippen molar-refractivity contribution in [3.63, 3.8) is 0 Å². The molecule has 2 aliphatic heterocycles. The van der Waals surface area contributed by atoms with Crippen molar-refractivity contribution in [2.45, 2.75) is 126 Å². The zero-order valence-electron chi connectivity index (χ0n) is 25.4. The number of thioether (sulfide) groups is 1. The Morgan fingerprint density at radius 3 is 2.30 bits per heavy atom. The summed E-state index contributed by atoms with van der Waals surface area (Å²) in [4.78, 5) is 40.8. The Morgan fingerprint density at radius 1 is 1.16 bits per heavy atom. The molecule has 4 rings (SSSR count). The molecule has 240 valence electrons. The van der Waals surface area contributed by atoms with Gasteiger partial charge in [-0.2, -0.15) is 13.2 Å². The molecule has 0 aromatic heterocycles. The predicted molar refractivity (Wildman–Crippen MR) is 153 cm³/mol. The Hall–Kier alpha value is -2.58. The van der Waals surface area contributed by atoms with Crippen LogP contribution < -0.4 is 0 Å². The van der Waals surface area contributed by atoms with Gasteiger partial charge in [-0.1, -0.05) is 12.8 Å². The van der Waals surface area contributed by atoms with E-state index in [0.717, 1.165) is 36.7 Å². The molecule has 2 amide bonds. The van der Waals surface area contributed by atoms with Crippen molar-refractivity contribution < 1.29 is 41.9 Å². The van der Waals surface area contributed by atoms with Crippen LogP contribution in [0.2, 0.25) is 0 Å². The standard InChI is InChI=1S/C29H40F3N3O7S/c1-17(2)34(19-10-9-13-33(16-19)26(37)42-27(4,5)6)24(36)20-14-22(35(38)39)23(15-21(20)29(30,31)32)43-28(11-7-8-12-28)25-40-18(3)41-25/h14-15,17-19,25H,7-13,16H2,1-6H3/t18?,19-,25?/m1/s1. The van der Waals surface area contributed by atoms with Crippen molar-refractivity contribution in [1.82, 2.24) is 9.80 Å². The smallest absolute Gasteiger partial charge is 0.417 e. The number of nitro benzene ring substituents is 1. The second-order valence-electron chi connectivity index (χ2n) is 12.7. The van der Waals surface area contributed by atoms with Gasteiger partial charge in [0.1, 0.15) is 5.60 Å². The molecule has 0 N–H and O–H groups in total. The highest BCUT2D eigenvalue weighted by atomic mass is 32.2. The maximum absolute atomic E-state index is 14.6. The Balaban J connectivity index is 1.71. The molecule has 10 nitrogen and oxygen atoms in total. The highest BCUT2D eigenvalue weighted by Crippen LogP contribution is 2.54. The number of hydrogen-bond donors (Lipinski definition) is 0. The first kappa shape index (κ1) is 33.3. The lowest BCUT2D eigenvalue weighted by Crippen LogP contribution is -2.54. The van der Waals surface area contributed by atoms with E-state index < -0.39 is 74.9 Å². The van der Waals surface area contributed by atoms with E-state index in [1.54, 1.807) is 41.5 Å². The molecule has 2 saturated heterocycles. The molecule has 1 aromatic carbocycles. The summed E-state index contributed by atoms with van der Waals surface area (Å²) in [5.74, 6) is -0.979. The zero-order chi connectivity index (χ0) is 31.9. The number of halogens is 3. The normalized spacial score (nSPS) is 24.0. The lowest BCUT2D eigenvalue weighted by molar-refractivity contribution is -0.388. The van der Waals surface area contributed by atoms with Crippen molar-refractivity contribution >= 4 is 29.4 Å². The fourth-order valence-corrected chi connectivity index (χ4v) is 7.58. The van der Waals surface area contributed by atoms with Gasteiger partial charge in [0.25, 0.3) is 11.6 Å². The maximum Gasteiger partial charge on any atom is 0.417 e. The number of likely N-dealkylation sites (tertiary alicyclic amines) is 1. The summed E-state index contributed by atoms with van der Waals surface area (Å²) in [7, 11) is 0. The van der Waals surface area contributed by atoms with Crippen LogP contribution in [0, 0.1) is 10.1 Å². The fraction of sp³-hybridized carbons (Fsp3) is 0.724. The first-order chi connectivity index (χ1) is 19.9. The highest BCUT2D eigenvalue weighted by molar-refractivity contribution is 8.00. The van der Waals surface area contributed by atoms with E-state index in [4.69, 9.17) is 14.2 Å².